The van der Waals surface area contributed by atoms with Gasteiger partial charge >= 0.3 is 0 Å². The van der Waals surface area contributed by atoms with E-state index in [2.05, 4.69) is 20.2 Å². The lowest BCUT2D eigenvalue weighted by molar-refractivity contribution is -0.129. The monoisotopic (exact) mass is 383 g/mol. The van der Waals surface area contributed by atoms with Crippen LogP contribution < -0.4 is 0 Å². The lowest BCUT2D eigenvalue weighted by atomic mass is 10.2. The summed E-state index contributed by atoms with van der Waals surface area (Å²) in [5.74, 6) is 0.952. The Morgan fingerprint density at radius 3 is 2.70 bits per heavy atom. The van der Waals surface area contributed by atoms with Gasteiger partial charge in [-0.2, -0.15) is 0 Å². The van der Waals surface area contributed by atoms with Crippen molar-refractivity contribution in [1.29, 1.82) is 0 Å². The third-order valence-electron chi connectivity index (χ3n) is 3.88. The van der Waals surface area contributed by atoms with Crippen molar-refractivity contribution >= 4 is 17.7 Å². The van der Waals surface area contributed by atoms with E-state index >= 15 is 0 Å². The fourth-order valence-electron chi connectivity index (χ4n) is 2.46. The lowest BCUT2D eigenvalue weighted by Gasteiger charge is -2.22. The number of carbonyl (C=O) groups is 1. The van der Waals surface area contributed by atoms with Gasteiger partial charge in [-0.3, -0.25) is 14.9 Å². The van der Waals surface area contributed by atoms with E-state index in [1.54, 1.807) is 24.4 Å². The minimum Gasteiger partial charge on any atom is -0.383 e. The number of aromatic nitrogens is 4. The van der Waals surface area contributed by atoms with Crippen molar-refractivity contribution in [2.75, 3.05) is 26.0 Å². The summed E-state index contributed by atoms with van der Waals surface area (Å²) in [6.07, 6.45) is 3.40. The first kappa shape index (κ1) is 19.1. The van der Waals surface area contributed by atoms with E-state index in [0.29, 0.717) is 30.7 Å². The number of pyridine rings is 1. The number of nitrogens with one attached hydrogen (secondary N) is 1. The Balaban J connectivity index is 1.59. The minimum atomic E-state index is 0.0242. The van der Waals surface area contributed by atoms with Crippen molar-refractivity contribution in [3.05, 3.63) is 60.4 Å². The molecule has 140 valence electrons. The fraction of sp³-hybridized carbons (Fsp3) is 0.263. The number of rotatable bonds is 9. The number of aromatic amines is 1. The highest BCUT2D eigenvalue weighted by Crippen LogP contribution is 2.19. The SMILES string of the molecule is COCCN(Cc1ccccc1)C(=O)CSc1n[nH]c(-c2ccncc2)n1. The van der Waals surface area contributed by atoms with Gasteiger partial charge in [0.05, 0.1) is 12.4 Å². The standard InChI is InChI=1S/C19H21N5O2S/c1-26-12-11-24(13-15-5-3-2-4-6-15)17(25)14-27-19-21-18(22-23-19)16-7-9-20-10-8-16/h2-10H,11-14H2,1H3,(H,21,22,23). The molecule has 0 atom stereocenters. The number of carbonyl (C=O) groups excluding carboxylic acids is 1. The molecule has 1 aromatic carbocycles. The van der Waals surface area contributed by atoms with Gasteiger partial charge in [0.25, 0.3) is 0 Å². The van der Waals surface area contributed by atoms with Crippen LogP contribution in [-0.4, -0.2) is 57.0 Å². The maximum Gasteiger partial charge on any atom is 0.233 e. The molecule has 0 aliphatic heterocycles. The third-order valence-corrected chi connectivity index (χ3v) is 4.71. The first-order valence-electron chi connectivity index (χ1n) is 8.52. The first-order valence-corrected chi connectivity index (χ1v) is 9.51. The Labute approximate surface area is 162 Å². The molecule has 0 radical (unpaired) electrons. The normalized spacial score (nSPS) is 10.7. The van der Waals surface area contributed by atoms with E-state index in [1.807, 2.05) is 42.5 Å². The van der Waals surface area contributed by atoms with Crippen LogP contribution in [0, 0.1) is 0 Å². The number of methoxy groups -OCH3 is 1. The summed E-state index contributed by atoms with van der Waals surface area (Å²) in [5, 5.41) is 7.62. The van der Waals surface area contributed by atoms with Crippen LogP contribution in [0.5, 0.6) is 0 Å². The highest BCUT2D eigenvalue weighted by Gasteiger charge is 2.16. The minimum absolute atomic E-state index is 0.0242. The molecular formula is C19H21N5O2S. The van der Waals surface area contributed by atoms with Gasteiger partial charge in [-0.1, -0.05) is 42.1 Å². The Kier molecular flexibility index (Phi) is 6.95. The number of nitrogens with zero attached hydrogens (tertiary/aromatic N) is 4. The van der Waals surface area contributed by atoms with Gasteiger partial charge in [0.15, 0.2) is 5.82 Å². The van der Waals surface area contributed by atoms with E-state index in [4.69, 9.17) is 4.74 Å². The zero-order valence-electron chi connectivity index (χ0n) is 15.0. The van der Waals surface area contributed by atoms with Crippen LogP contribution in [-0.2, 0) is 16.1 Å². The summed E-state index contributed by atoms with van der Waals surface area (Å²) in [4.78, 5) is 22.9. The molecule has 0 aliphatic carbocycles. The predicted octanol–water partition coefficient (Wildman–Crippen LogP) is 2.63. The third kappa shape index (κ3) is 5.63. The van der Waals surface area contributed by atoms with Crippen LogP contribution in [0.2, 0.25) is 0 Å². The van der Waals surface area contributed by atoms with Gasteiger partial charge in [0.2, 0.25) is 11.1 Å². The molecule has 0 bridgehead atoms. The quantitative estimate of drug-likeness (QED) is 0.572. The highest BCUT2D eigenvalue weighted by atomic mass is 32.2. The number of amides is 1. The lowest BCUT2D eigenvalue weighted by Crippen LogP contribution is -2.34. The van der Waals surface area contributed by atoms with Crippen LogP contribution in [0.3, 0.4) is 0 Å². The molecule has 27 heavy (non-hydrogen) atoms. The van der Waals surface area contributed by atoms with E-state index < -0.39 is 0 Å². The van der Waals surface area contributed by atoms with Gasteiger partial charge in [0.1, 0.15) is 0 Å². The largest absolute Gasteiger partial charge is 0.383 e. The van der Waals surface area contributed by atoms with Crippen molar-refractivity contribution in [3.63, 3.8) is 0 Å². The van der Waals surface area contributed by atoms with Crippen molar-refractivity contribution < 1.29 is 9.53 Å². The molecular weight excluding hydrogens is 362 g/mol. The zero-order valence-corrected chi connectivity index (χ0v) is 15.9. The number of thioether (sulfide) groups is 1. The van der Waals surface area contributed by atoms with Gasteiger partial charge in [-0.25, -0.2) is 4.98 Å². The van der Waals surface area contributed by atoms with Crippen molar-refractivity contribution in [3.8, 4) is 11.4 Å². The molecule has 0 spiro atoms. The number of hydrogen-bond acceptors (Lipinski definition) is 6. The van der Waals surface area contributed by atoms with E-state index in [0.717, 1.165) is 11.1 Å². The first-order chi connectivity index (χ1) is 13.3. The molecule has 0 fully saturated rings. The molecule has 2 aromatic heterocycles. The molecule has 8 heteroatoms. The van der Waals surface area contributed by atoms with Crippen molar-refractivity contribution in [2.45, 2.75) is 11.7 Å². The summed E-state index contributed by atoms with van der Waals surface area (Å²) in [5.41, 5.74) is 1.99. The van der Waals surface area contributed by atoms with E-state index in [9.17, 15) is 4.79 Å². The number of H-pyrrole nitrogens is 1. The van der Waals surface area contributed by atoms with Crippen LogP contribution in [0.25, 0.3) is 11.4 Å². The molecule has 3 rings (SSSR count). The van der Waals surface area contributed by atoms with Crippen LogP contribution >= 0.6 is 11.8 Å². The molecule has 0 saturated heterocycles. The number of hydrogen-bond donors (Lipinski definition) is 1. The second kappa shape index (κ2) is 9.84. The van der Waals surface area contributed by atoms with Crippen LogP contribution in [0.4, 0.5) is 0 Å². The van der Waals surface area contributed by atoms with Gasteiger partial charge < -0.3 is 9.64 Å². The topological polar surface area (TPSA) is 84.0 Å². The Morgan fingerprint density at radius 2 is 1.96 bits per heavy atom. The smallest absolute Gasteiger partial charge is 0.233 e. The maximum absolute atomic E-state index is 12.7. The Bertz CT molecular complexity index is 842. The molecule has 3 aromatic rings. The van der Waals surface area contributed by atoms with Gasteiger partial charge in [0, 0.05) is 38.2 Å². The second-order valence-corrected chi connectivity index (χ2v) is 6.73. The molecule has 7 nitrogen and oxygen atoms in total. The second-order valence-electron chi connectivity index (χ2n) is 5.78. The number of ether oxygens (including phenoxy) is 1. The fourth-order valence-corrected chi connectivity index (χ4v) is 3.17. The summed E-state index contributed by atoms with van der Waals surface area (Å²) < 4.78 is 5.14. The van der Waals surface area contributed by atoms with Gasteiger partial charge in [-0.15, -0.1) is 5.10 Å². The summed E-state index contributed by atoms with van der Waals surface area (Å²) in [6, 6.07) is 13.6. The number of benzene rings is 1. The zero-order chi connectivity index (χ0) is 18.9. The Hall–Kier alpha value is -2.71. The summed E-state index contributed by atoms with van der Waals surface area (Å²) in [7, 11) is 1.63. The van der Waals surface area contributed by atoms with Crippen molar-refractivity contribution in [1.82, 2.24) is 25.1 Å². The summed E-state index contributed by atoms with van der Waals surface area (Å²) in [6.45, 7) is 1.59. The van der Waals surface area contributed by atoms with Crippen LogP contribution in [0.15, 0.2) is 60.0 Å². The average molecular weight is 383 g/mol. The van der Waals surface area contributed by atoms with E-state index in [-0.39, 0.29) is 11.7 Å². The maximum atomic E-state index is 12.7. The van der Waals surface area contributed by atoms with Crippen molar-refractivity contribution in [2.24, 2.45) is 0 Å². The highest BCUT2D eigenvalue weighted by molar-refractivity contribution is 7.99. The molecule has 1 amide bonds. The van der Waals surface area contributed by atoms with Gasteiger partial charge in [-0.05, 0) is 17.7 Å². The van der Waals surface area contributed by atoms with E-state index in [1.165, 1.54) is 11.8 Å². The van der Waals surface area contributed by atoms with Crippen LogP contribution in [0.1, 0.15) is 5.56 Å². The Morgan fingerprint density at radius 1 is 1.19 bits per heavy atom. The molecule has 2 heterocycles. The average Bonchev–Trinajstić information content (AvgIpc) is 3.20. The molecule has 0 unspecified atom stereocenters. The predicted molar refractivity (Wildman–Crippen MR) is 104 cm³/mol. The molecule has 0 aliphatic rings. The summed E-state index contributed by atoms with van der Waals surface area (Å²) >= 11 is 1.32. The molecule has 1 N–H and O–H groups in total. The molecule has 0 saturated carbocycles.